The molecule has 234 valence electrons. The van der Waals surface area contributed by atoms with Gasteiger partial charge in [-0.25, -0.2) is 5.01 Å². The summed E-state index contributed by atoms with van der Waals surface area (Å²) in [4.78, 5) is 27.8. The fourth-order valence-corrected chi connectivity index (χ4v) is 6.76. The Hall–Kier alpha value is -4.94. The molecule has 6 rings (SSSR count). The Morgan fingerprint density at radius 3 is 2.54 bits per heavy atom. The Morgan fingerprint density at radius 1 is 0.978 bits per heavy atom. The maximum atomic E-state index is 13.9. The molecule has 10 nitrogen and oxygen atoms in total. The predicted octanol–water partition coefficient (Wildman–Crippen LogP) is 6.05. The molecule has 0 aliphatic carbocycles. The summed E-state index contributed by atoms with van der Waals surface area (Å²) in [6.07, 6.45) is 0.603. The number of para-hydroxylation sites is 2. The number of benzene rings is 3. The molecule has 12 heteroatoms. The van der Waals surface area contributed by atoms with E-state index in [1.807, 2.05) is 95.7 Å². The second-order valence-corrected chi connectivity index (χ2v) is 12.4. The molecule has 1 aliphatic rings. The SMILES string of the molecule is COc1ccc(C2CC(c3cccs3)=NN2C(=O)CSc2nnc(CNC(=O)c3cccc(C)c3)n2-c2ccccc2OC)cc1. The van der Waals surface area contributed by atoms with Crippen LogP contribution < -0.4 is 14.8 Å². The van der Waals surface area contributed by atoms with E-state index in [-0.39, 0.29) is 30.2 Å². The average molecular weight is 653 g/mol. The normalized spacial score (nSPS) is 14.2. The van der Waals surface area contributed by atoms with Crippen LogP contribution in [0.15, 0.2) is 101 Å². The number of rotatable bonds is 11. The Labute approximate surface area is 275 Å². The molecule has 0 radical (unpaired) electrons. The quantitative estimate of drug-likeness (QED) is 0.173. The molecule has 46 heavy (non-hydrogen) atoms. The van der Waals surface area contributed by atoms with E-state index in [9.17, 15) is 9.59 Å². The van der Waals surface area contributed by atoms with Crippen LogP contribution in [0.4, 0.5) is 0 Å². The fraction of sp³-hybridized carbons (Fsp3) is 0.206. The summed E-state index contributed by atoms with van der Waals surface area (Å²) >= 11 is 2.86. The topological polar surface area (TPSA) is 111 Å². The van der Waals surface area contributed by atoms with E-state index in [1.165, 1.54) is 11.8 Å². The largest absolute Gasteiger partial charge is 0.497 e. The van der Waals surface area contributed by atoms with Gasteiger partial charge in [0.05, 0.1) is 48.8 Å². The van der Waals surface area contributed by atoms with E-state index in [0.717, 1.165) is 27.5 Å². The monoisotopic (exact) mass is 652 g/mol. The van der Waals surface area contributed by atoms with Gasteiger partial charge < -0.3 is 14.8 Å². The van der Waals surface area contributed by atoms with Gasteiger partial charge in [0.2, 0.25) is 0 Å². The van der Waals surface area contributed by atoms with Crippen molar-refractivity contribution in [3.8, 4) is 17.2 Å². The molecule has 3 heterocycles. The van der Waals surface area contributed by atoms with E-state index >= 15 is 0 Å². The molecule has 1 N–H and O–H groups in total. The number of carbonyl (C=O) groups is 2. The van der Waals surface area contributed by atoms with Crippen molar-refractivity contribution in [2.75, 3.05) is 20.0 Å². The van der Waals surface area contributed by atoms with Crippen LogP contribution in [0.3, 0.4) is 0 Å². The summed E-state index contributed by atoms with van der Waals surface area (Å²) in [6, 6.07) is 26.4. The number of hydrogen-bond donors (Lipinski definition) is 1. The number of carbonyl (C=O) groups excluding carboxylic acids is 2. The predicted molar refractivity (Wildman–Crippen MR) is 179 cm³/mol. The van der Waals surface area contributed by atoms with Gasteiger partial charge in [0.15, 0.2) is 11.0 Å². The highest BCUT2D eigenvalue weighted by atomic mass is 32.2. The maximum absolute atomic E-state index is 13.9. The third kappa shape index (κ3) is 6.68. The van der Waals surface area contributed by atoms with Gasteiger partial charge >= 0.3 is 0 Å². The summed E-state index contributed by atoms with van der Waals surface area (Å²) in [5.41, 5.74) is 4.09. The minimum atomic E-state index is -0.254. The van der Waals surface area contributed by atoms with Crippen molar-refractivity contribution in [2.24, 2.45) is 5.10 Å². The number of amides is 2. The van der Waals surface area contributed by atoms with Gasteiger partial charge in [0, 0.05) is 12.0 Å². The molecule has 0 saturated heterocycles. The Morgan fingerprint density at radius 2 is 1.80 bits per heavy atom. The highest BCUT2D eigenvalue weighted by molar-refractivity contribution is 7.99. The number of thiophene rings is 1. The van der Waals surface area contributed by atoms with Gasteiger partial charge in [0.25, 0.3) is 11.8 Å². The minimum absolute atomic E-state index is 0.0663. The third-order valence-electron chi connectivity index (χ3n) is 7.51. The van der Waals surface area contributed by atoms with Crippen molar-refractivity contribution in [3.05, 3.63) is 118 Å². The number of aromatic nitrogens is 3. The number of hydrogen-bond acceptors (Lipinski definition) is 9. The number of thioether (sulfide) groups is 1. The zero-order valence-corrected chi connectivity index (χ0v) is 27.2. The average Bonchev–Trinajstić information content (AvgIpc) is 3.86. The molecule has 1 aliphatic heterocycles. The van der Waals surface area contributed by atoms with Crippen molar-refractivity contribution in [1.82, 2.24) is 25.1 Å². The lowest BCUT2D eigenvalue weighted by atomic mass is 10.0. The smallest absolute Gasteiger partial charge is 0.253 e. The van der Waals surface area contributed by atoms with E-state index in [2.05, 4.69) is 15.5 Å². The van der Waals surface area contributed by atoms with Crippen LogP contribution >= 0.6 is 23.1 Å². The van der Waals surface area contributed by atoms with Crippen LogP contribution in [-0.4, -0.2) is 57.3 Å². The lowest BCUT2D eigenvalue weighted by molar-refractivity contribution is -0.130. The lowest BCUT2D eigenvalue weighted by Crippen LogP contribution is -2.28. The molecular weight excluding hydrogens is 621 g/mol. The van der Waals surface area contributed by atoms with Crippen molar-refractivity contribution in [3.63, 3.8) is 0 Å². The van der Waals surface area contributed by atoms with Crippen LogP contribution in [0.2, 0.25) is 0 Å². The standard InChI is InChI=1S/C34H32N6O4S2/c1-22-8-6-9-24(18-22)33(42)35-20-31-36-37-34(39(31)27-10-4-5-11-29(27)44-3)46-21-32(41)40-28(23-13-15-25(43-2)16-14-23)19-26(38-40)30-12-7-17-45-30/h4-18,28H,19-21H2,1-3H3,(H,35,42). The molecule has 0 fully saturated rings. The van der Waals surface area contributed by atoms with Crippen LogP contribution in [0.1, 0.15) is 44.6 Å². The Bertz CT molecular complexity index is 1870. The number of aryl methyl sites for hydroxylation is 1. The van der Waals surface area contributed by atoms with E-state index in [0.29, 0.717) is 34.4 Å². The zero-order chi connectivity index (χ0) is 32.0. The Kier molecular flexibility index (Phi) is 9.46. The fourth-order valence-electron chi connectivity index (χ4n) is 5.22. The summed E-state index contributed by atoms with van der Waals surface area (Å²) in [5.74, 6) is 1.52. The number of hydrazone groups is 1. The van der Waals surface area contributed by atoms with Gasteiger partial charge in [-0.1, -0.05) is 59.8 Å². The van der Waals surface area contributed by atoms with Gasteiger partial charge in [-0.15, -0.1) is 21.5 Å². The first-order valence-electron chi connectivity index (χ1n) is 14.6. The number of nitrogens with zero attached hydrogens (tertiary/aromatic N) is 5. The molecule has 3 aromatic carbocycles. The number of ether oxygens (including phenoxy) is 2. The first-order valence-corrected chi connectivity index (χ1v) is 16.4. The zero-order valence-electron chi connectivity index (χ0n) is 25.5. The highest BCUT2D eigenvalue weighted by Gasteiger charge is 2.34. The molecule has 5 aromatic rings. The molecule has 1 unspecified atom stereocenters. The van der Waals surface area contributed by atoms with Gasteiger partial charge in [-0.05, 0) is 60.3 Å². The first kappa shape index (κ1) is 31.1. The first-order chi connectivity index (χ1) is 22.4. The van der Waals surface area contributed by atoms with Crippen LogP contribution in [0.25, 0.3) is 5.69 Å². The van der Waals surface area contributed by atoms with Crippen LogP contribution in [0.5, 0.6) is 11.5 Å². The molecular formula is C34H32N6O4S2. The van der Waals surface area contributed by atoms with Crippen molar-refractivity contribution in [1.29, 1.82) is 0 Å². The second-order valence-electron chi connectivity index (χ2n) is 10.5. The number of nitrogens with one attached hydrogen (secondary N) is 1. The third-order valence-corrected chi connectivity index (χ3v) is 9.34. The van der Waals surface area contributed by atoms with Gasteiger partial charge in [-0.2, -0.15) is 5.10 Å². The summed E-state index contributed by atoms with van der Waals surface area (Å²) in [6.45, 7) is 2.06. The Balaban J connectivity index is 1.25. The lowest BCUT2D eigenvalue weighted by Gasteiger charge is -2.22. The number of methoxy groups -OCH3 is 2. The summed E-state index contributed by atoms with van der Waals surface area (Å²) in [7, 11) is 3.22. The summed E-state index contributed by atoms with van der Waals surface area (Å²) in [5, 5.41) is 20.7. The van der Waals surface area contributed by atoms with Crippen LogP contribution in [0, 0.1) is 6.92 Å². The van der Waals surface area contributed by atoms with Crippen LogP contribution in [-0.2, 0) is 11.3 Å². The van der Waals surface area contributed by atoms with Crippen molar-refractivity contribution in [2.45, 2.75) is 31.1 Å². The molecule has 1 atom stereocenters. The highest BCUT2D eigenvalue weighted by Crippen LogP contribution is 2.36. The summed E-state index contributed by atoms with van der Waals surface area (Å²) < 4.78 is 12.8. The second kappa shape index (κ2) is 14.0. The minimum Gasteiger partial charge on any atom is -0.497 e. The van der Waals surface area contributed by atoms with E-state index < -0.39 is 0 Å². The molecule has 2 aromatic heterocycles. The van der Waals surface area contributed by atoms with E-state index in [4.69, 9.17) is 14.6 Å². The molecule has 0 spiro atoms. The van der Waals surface area contributed by atoms with Gasteiger partial charge in [0.1, 0.15) is 11.5 Å². The van der Waals surface area contributed by atoms with Crippen molar-refractivity contribution < 1.29 is 19.1 Å². The maximum Gasteiger partial charge on any atom is 0.253 e. The molecule has 0 saturated carbocycles. The van der Waals surface area contributed by atoms with Gasteiger partial charge in [-0.3, -0.25) is 14.2 Å². The van der Waals surface area contributed by atoms with Crippen molar-refractivity contribution >= 4 is 40.6 Å². The molecule has 2 amide bonds. The molecule has 0 bridgehead atoms. The van der Waals surface area contributed by atoms with E-state index in [1.54, 1.807) is 36.6 Å².